The normalized spacial score (nSPS) is 12.9. The van der Waals surface area contributed by atoms with Gasteiger partial charge in [0.2, 0.25) is 0 Å². The molecule has 2 aromatic rings. The summed E-state index contributed by atoms with van der Waals surface area (Å²) in [5.74, 6) is 0.0419. The molecule has 1 aliphatic rings. The van der Waals surface area contributed by atoms with E-state index in [2.05, 4.69) is 5.32 Å². The summed E-state index contributed by atoms with van der Waals surface area (Å²) >= 11 is 0. The van der Waals surface area contributed by atoms with Gasteiger partial charge in [-0.25, -0.2) is 4.39 Å². The van der Waals surface area contributed by atoms with Crippen LogP contribution in [0, 0.1) is 5.82 Å². The van der Waals surface area contributed by atoms with Gasteiger partial charge in [0.15, 0.2) is 11.6 Å². The standard InChI is InChI=1S/C15H14FNO2/c16-13-3-1-2-11(15(13)18)9-17-12-4-5-14-10(8-12)6-7-19-14/h1-5,8,17-18H,6-7,9H2. The number of rotatable bonds is 3. The third-order valence-corrected chi connectivity index (χ3v) is 3.24. The van der Waals surface area contributed by atoms with Crippen LogP contribution in [0.1, 0.15) is 11.1 Å². The van der Waals surface area contributed by atoms with Crippen molar-refractivity contribution < 1.29 is 14.2 Å². The number of hydrogen-bond acceptors (Lipinski definition) is 3. The molecule has 4 heteroatoms. The minimum Gasteiger partial charge on any atom is -0.505 e. The molecule has 98 valence electrons. The molecule has 19 heavy (non-hydrogen) atoms. The monoisotopic (exact) mass is 259 g/mol. The van der Waals surface area contributed by atoms with E-state index >= 15 is 0 Å². The van der Waals surface area contributed by atoms with Crippen LogP contribution in [0.15, 0.2) is 36.4 Å². The van der Waals surface area contributed by atoms with Gasteiger partial charge in [0, 0.05) is 24.2 Å². The third kappa shape index (κ3) is 2.34. The summed E-state index contributed by atoms with van der Waals surface area (Å²) in [6, 6.07) is 10.4. The smallest absolute Gasteiger partial charge is 0.165 e. The van der Waals surface area contributed by atoms with Gasteiger partial charge in [-0.1, -0.05) is 12.1 Å². The Morgan fingerprint density at radius 1 is 1.26 bits per heavy atom. The topological polar surface area (TPSA) is 41.5 Å². The molecule has 0 bridgehead atoms. The van der Waals surface area contributed by atoms with E-state index in [9.17, 15) is 9.50 Å². The van der Waals surface area contributed by atoms with Gasteiger partial charge >= 0.3 is 0 Å². The first-order chi connectivity index (χ1) is 9.24. The number of hydrogen-bond donors (Lipinski definition) is 2. The van der Waals surface area contributed by atoms with Gasteiger partial charge in [0.25, 0.3) is 0 Å². The fourth-order valence-corrected chi connectivity index (χ4v) is 2.20. The van der Waals surface area contributed by atoms with Gasteiger partial charge in [0.05, 0.1) is 6.61 Å². The molecule has 0 saturated heterocycles. The summed E-state index contributed by atoms with van der Waals surface area (Å²) < 4.78 is 18.6. The lowest BCUT2D eigenvalue weighted by molar-refractivity contribution is 0.357. The summed E-state index contributed by atoms with van der Waals surface area (Å²) in [6.45, 7) is 1.10. The highest BCUT2D eigenvalue weighted by molar-refractivity contribution is 5.53. The van der Waals surface area contributed by atoms with Crippen LogP contribution >= 0.6 is 0 Å². The Labute approximate surface area is 110 Å². The van der Waals surface area contributed by atoms with Crippen LogP contribution in [0.2, 0.25) is 0 Å². The number of ether oxygens (including phenoxy) is 1. The van der Waals surface area contributed by atoms with Crippen molar-refractivity contribution in [1.82, 2.24) is 0 Å². The van der Waals surface area contributed by atoms with Crippen molar-refractivity contribution in [2.75, 3.05) is 11.9 Å². The third-order valence-electron chi connectivity index (χ3n) is 3.24. The fraction of sp³-hybridized carbons (Fsp3) is 0.200. The molecule has 0 spiro atoms. The number of para-hydroxylation sites is 1. The summed E-state index contributed by atoms with van der Waals surface area (Å²) in [4.78, 5) is 0. The van der Waals surface area contributed by atoms with Crippen LogP contribution in [-0.4, -0.2) is 11.7 Å². The van der Waals surface area contributed by atoms with Gasteiger partial charge < -0.3 is 15.2 Å². The van der Waals surface area contributed by atoms with Crippen molar-refractivity contribution in [1.29, 1.82) is 0 Å². The SMILES string of the molecule is Oc1c(F)cccc1CNc1ccc2c(c1)CCO2. The van der Waals surface area contributed by atoms with Crippen LogP contribution in [0.5, 0.6) is 11.5 Å². The molecule has 2 N–H and O–H groups in total. The molecule has 0 amide bonds. The maximum absolute atomic E-state index is 13.2. The van der Waals surface area contributed by atoms with Crippen LogP contribution in [0.25, 0.3) is 0 Å². The lowest BCUT2D eigenvalue weighted by Crippen LogP contribution is -2.00. The minimum absolute atomic E-state index is 0.292. The molecule has 0 aromatic heterocycles. The molecule has 1 aliphatic heterocycles. The zero-order chi connectivity index (χ0) is 13.2. The molecule has 0 atom stereocenters. The number of aromatic hydroxyl groups is 1. The summed E-state index contributed by atoms with van der Waals surface area (Å²) in [5, 5.41) is 12.8. The van der Waals surface area contributed by atoms with Crippen LogP contribution in [0.4, 0.5) is 10.1 Å². The van der Waals surface area contributed by atoms with Crippen molar-refractivity contribution in [3.05, 3.63) is 53.3 Å². The predicted octanol–water partition coefficient (Wildman–Crippen LogP) is 3.08. The molecular formula is C15H14FNO2. The number of phenolic OH excluding ortho intramolecular Hbond substituents is 1. The minimum atomic E-state index is -0.596. The highest BCUT2D eigenvalue weighted by atomic mass is 19.1. The Hall–Kier alpha value is -2.23. The molecule has 0 unspecified atom stereocenters. The van der Waals surface area contributed by atoms with Crippen LogP contribution in [0.3, 0.4) is 0 Å². The number of benzene rings is 2. The first kappa shape index (κ1) is 11.8. The van der Waals surface area contributed by atoms with Crippen molar-refractivity contribution in [2.24, 2.45) is 0 Å². The van der Waals surface area contributed by atoms with Crippen LogP contribution < -0.4 is 10.1 Å². The van der Waals surface area contributed by atoms with Crippen LogP contribution in [-0.2, 0) is 13.0 Å². The van der Waals surface area contributed by atoms with Crippen molar-refractivity contribution in [3.8, 4) is 11.5 Å². The molecule has 2 aromatic carbocycles. The van der Waals surface area contributed by atoms with Gasteiger partial charge in [-0.3, -0.25) is 0 Å². The quantitative estimate of drug-likeness (QED) is 0.890. The van der Waals surface area contributed by atoms with E-state index in [4.69, 9.17) is 4.74 Å². The summed E-state index contributed by atoms with van der Waals surface area (Å²) in [6.07, 6.45) is 0.913. The maximum atomic E-state index is 13.2. The second kappa shape index (κ2) is 4.80. The van der Waals surface area contributed by atoms with Gasteiger partial charge in [0.1, 0.15) is 5.75 Å². The Kier molecular flexibility index (Phi) is 2.99. The number of phenols is 1. The van der Waals surface area contributed by atoms with E-state index in [-0.39, 0.29) is 5.75 Å². The Morgan fingerprint density at radius 2 is 2.16 bits per heavy atom. The van der Waals surface area contributed by atoms with Crippen molar-refractivity contribution in [2.45, 2.75) is 13.0 Å². The second-order valence-electron chi connectivity index (χ2n) is 4.52. The fourth-order valence-electron chi connectivity index (χ4n) is 2.20. The Morgan fingerprint density at radius 3 is 3.05 bits per heavy atom. The summed E-state index contributed by atoms with van der Waals surface area (Å²) in [7, 11) is 0. The lowest BCUT2D eigenvalue weighted by atomic mass is 10.1. The molecule has 0 aliphatic carbocycles. The zero-order valence-corrected chi connectivity index (χ0v) is 10.3. The van der Waals surface area contributed by atoms with E-state index < -0.39 is 5.82 Å². The van der Waals surface area contributed by atoms with E-state index in [0.29, 0.717) is 12.1 Å². The van der Waals surface area contributed by atoms with E-state index in [1.165, 1.54) is 11.6 Å². The average Bonchev–Trinajstić information content (AvgIpc) is 2.88. The Balaban J connectivity index is 1.74. The Bertz CT molecular complexity index is 613. The number of anilines is 1. The number of halogens is 1. The molecule has 0 radical (unpaired) electrons. The van der Waals surface area contributed by atoms with Gasteiger partial charge in [-0.05, 0) is 29.8 Å². The van der Waals surface area contributed by atoms with Gasteiger partial charge in [-0.15, -0.1) is 0 Å². The molecule has 1 heterocycles. The van der Waals surface area contributed by atoms with E-state index in [1.54, 1.807) is 12.1 Å². The lowest BCUT2D eigenvalue weighted by Gasteiger charge is -2.09. The molecule has 0 saturated carbocycles. The van der Waals surface area contributed by atoms with Crippen molar-refractivity contribution >= 4 is 5.69 Å². The highest BCUT2D eigenvalue weighted by Crippen LogP contribution is 2.28. The molecule has 3 rings (SSSR count). The van der Waals surface area contributed by atoms with E-state index in [0.717, 1.165) is 24.5 Å². The first-order valence-electron chi connectivity index (χ1n) is 6.20. The second-order valence-corrected chi connectivity index (χ2v) is 4.52. The molecule has 0 fully saturated rings. The number of nitrogens with one attached hydrogen (secondary N) is 1. The predicted molar refractivity (Wildman–Crippen MR) is 71.0 cm³/mol. The largest absolute Gasteiger partial charge is 0.505 e. The van der Waals surface area contributed by atoms with E-state index in [1.807, 2.05) is 18.2 Å². The number of fused-ring (bicyclic) bond motifs is 1. The first-order valence-corrected chi connectivity index (χ1v) is 6.20. The zero-order valence-electron chi connectivity index (χ0n) is 10.3. The summed E-state index contributed by atoms with van der Waals surface area (Å²) in [5.41, 5.74) is 2.65. The molecule has 3 nitrogen and oxygen atoms in total. The van der Waals surface area contributed by atoms with Crippen molar-refractivity contribution in [3.63, 3.8) is 0 Å². The maximum Gasteiger partial charge on any atom is 0.165 e. The molecular weight excluding hydrogens is 245 g/mol. The average molecular weight is 259 g/mol. The van der Waals surface area contributed by atoms with Gasteiger partial charge in [-0.2, -0.15) is 0 Å². The highest BCUT2D eigenvalue weighted by Gasteiger charge is 2.12.